The summed E-state index contributed by atoms with van der Waals surface area (Å²) in [5.41, 5.74) is 3.07. The van der Waals surface area contributed by atoms with Crippen LogP contribution in [-0.4, -0.2) is 43.8 Å². The van der Waals surface area contributed by atoms with Crippen LogP contribution in [0.5, 0.6) is 0 Å². The zero-order valence-corrected chi connectivity index (χ0v) is 29.1. The van der Waals surface area contributed by atoms with Crippen LogP contribution in [0.2, 0.25) is 15.1 Å². The van der Waals surface area contributed by atoms with Crippen molar-refractivity contribution >= 4 is 62.3 Å². The molecule has 46 heavy (non-hydrogen) atoms. The van der Waals surface area contributed by atoms with Gasteiger partial charge in [0.15, 0.2) is 0 Å². The molecule has 4 aromatic rings. The van der Waals surface area contributed by atoms with E-state index >= 15 is 0 Å². The second-order valence-electron chi connectivity index (χ2n) is 11.3. The van der Waals surface area contributed by atoms with Crippen LogP contribution in [0, 0.1) is 13.8 Å². The summed E-state index contributed by atoms with van der Waals surface area (Å²) in [5, 5.41) is 3.91. The van der Waals surface area contributed by atoms with Gasteiger partial charge in [0.25, 0.3) is 10.0 Å². The van der Waals surface area contributed by atoms with Crippen molar-refractivity contribution in [3.8, 4) is 0 Å². The Morgan fingerprint density at radius 3 is 2.09 bits per heavy atom. The molecular weight excluding hydrogens is 665 g/mol. The maximum atomic E-state index is 14.6. The first-order chi connectivity index (χ1) is 21.8. The van der Waals surface area contributed by atoms with Crippen LogP contribution in [0.1, 0.15) is 36.1 Å². The van der Waals surface area contributed by atoms with Crippen LogP contribution in [0.15, 0.2) is 95.9 Å². The minimum Gasteiger partial charge on any atom is -0.352 e. The number of benzene rings is 4. The molecule has 1 atom stereocenters. The second kappa shape index (κ2) is 15.4. The summed E-state index contributed by atoms with van der Waals surface area (Å²) in [7, 11) is -4.26. The molecule has 0 fully saturated rings. The highest BCUT2D eigenvalue weighted by Crippen LogP contribution is 2.32. The minimum atomic E-state index is -4.26. The van der Waals surface area contributed by atoms with Gasteiger partial charge in [-0.3, -0.25) is 13.9 Å². The molecule has 4 aromatic carbocycles. The van der Waals surface area contributed by atoms with E-state index in [1.54, 1.807) is 55.5 Å². The van der Waals surface area contributed by atoms with Crippen molar-refractivity contribution in [2.24, 2.45) is 0 Å². The van der Waals surface area contributed by atoms with Gasteiger partial charge >= 0.3 is 0 Å². The average molecular weight is 701 g/mol. The molecule has 0 aliphatic heterocycles. The number of carbonyl (C=O) groups excluding carboxylic acids is 2. The number of aryl methyl sites for hydroxylation is 1. The molecular formula is C35H36Cl3N3O4S. The van der Waals surface area contributed by atoms with E-state index in [4.69, 9.17) is 34.8 Å². The molecule has 0 spiro atoms. The lowest BCUT2D eigenvalue weighted by Crippen LogP contribution is -2.54. The fourth-order valence-electron chi connectivity index (χ4n) is 4.99. The SMILES string of the molecule is Cc1ccc(S(=O)(=O)N(CC(=O)N(Cc2ccc(Cl)c(Cl)c2)[C@H](Cc2ccccc2)C(=O)NC(C)C)c2cccc(Cl)c2C)cc1. The van der Waals surface area contributed by atoms with Crippen LogP contribution in [0.4, 0.5) is 5.69 Å². The number of carbonyl (C=O) groups is 2. The van der Waals surface area contributed by atoms with Crippen LogP contribution in [-0.2, 0) is 32.6 Å². The molecule has 0 unspecified atom stereocenters. The summed E-state index contributed by atoms with van der Waals surface area (Å²) in [6, 6.07) is 24.4. The molecule has 0 aliphatic carbocycles. The smallest absolute Gasteiger partial charge is 0.264 e. The molecule has 0 saturated heterocycles. The predicted octanol–water partition coefficient (Wildman–Crippen LogP) is 7.62. The first-order valence-electron chi connectivity index (χ1n) is 14.7. The Hall–Kier alpha value is -3.56. The maximum absolute atomic E-state index is 14.6. The number of hydrogen-bond donors (Lipinski definition) is 1. The molecule has 7 nitrogen and oxygen atoms in total. The van der Waals surface area contributed by atoms with Gasteiger partial charge in [-0.2, -0.15) is 0 Å². The standard InChI is InChI=1S/C35H36Cl3N3O4S/c1-23(2)39-35(43)33(20-26-9-6-5-7-10-26)40(21-27-15-18-30(37)31(38)19-27)34(42)22-41(32-12-8-11-29(36)25(32)4)46(44,45)28-16-13-24(3)14-17-28/h5-19,23,33H,20-22H2,1-4H3,(H,39,43)/t33-/m1/s1. The van der Waals surface area contributed by atoms with Gasteiger partial charge in [-0.25, -0.2) is 8.42 Å². The Bertz CT molecular complexity index is 1800. The lowest BCUT2D eigenvalue weighted by atomic mass is 10.0. The monoisotopic (exact) mass is 699 g/mol. The van der Waals surface area contributed by atoms with Gasteiger partial charge in [-0.1, -0.05) is 95.0 Å². The zero-order chi connectivity index (χ0) is 33.6. The fourth-order valence-corrected chi connectivity index (χ4v) is 6.95. The van der Waals surface area contributed by atoms with E-state index in [1.165, 1.54) is 17.0 Å². The molecule has 0 radical (unpaired) electrons. The third-order valence-corrected chi connectivity index (χ3v) is 10.4. The van der Waals surface area contributed by atoms with E-state index in [9.17, 15) is 18.0 Å². The van der Waals surface area contributed by atoms with Crippen molar-refractivity contribution in [2.75, 3.05) is 10.8 Å². The molecule has 0 aliphatic rings. The van der Waals surface area contributed by atoms with Crippen LogP contribution in [0.25, 0.3) is 0 Å². The zero-order valence-electron chi connectivity index (χ0n) is 26.0. The van der Waals surface area contributed by atoms with Crippen molar-refractivity contribution in [3.63, 3.8) is 0 Å². The highest BCUT2D eigenvalue weighted by atomic mass is 35.5. The quantitative estimate of drug-likeness (QED) is 0.165. The van der Waals surface area contributed by atoms with Crippen LogP contribution in [0.3, 0.4) is 0 Å². The van der Waals surface area contributed by atoms with E-state index in [0.717, 1.165) is 15.4 Å². The molecule has 0 bridgehead atoms. The van der Waals surface area contributed by atoms with Gasteiger partial charge in [-0.05, 0) is 80.8 Å². The molecule has 0 heterocycles. The highest BCUT2D eigenvalue weighted by Gasteiger charge is 2.35. The first kappa shape index (κ1) is 35.3. The van der Waals surface area contributed by atoms with E-state index in [-0.39, 0.29) is 40.5 Å². The number of anilines is 1. The van der Waals surface area contributed by atoms with Gasteiger partial charge < -0.3 is 10.2 Å². The van der Waals surface area contributed by atoms with Gasteiger partial charge in [-0.15, -0.1) is 0 Å². The third kappa shape index (κ3) is 8.62. The molecule has 0 saturated carbocycles. The summed E-state index contributed by atoms with van der Waals surface area (Å²) in [6.07, 6.45) is 0.188. The molecule has 242 valence electrons. The van der Waals surface area contributed by atoms with Crippen molar-refractivity contribution in [2.45, 2.75) is 57.6 Å². The Morgan fingerprint density at radius 2 is 1.46 bits per heavy atom. The van der Waals surface area contributed by atoms with Crippen molar-refractivity contribution in [1.29, 1.82) is 0 Å². The Kier molecular flexibility index (Phi) is 11.8. The van der Waals surface area contributed by atoms with Crippen LogP contribution >= 0.6 is 34.8 Å². The van der Waals surface area contributed by atoms with Gasteiger partial charge in [0.1, 0.15) is 12.6 Å². The lowest BCUT2D eigenvalue weighted by molar-refractivity contribution is -0.140. The van der Waals surface area contributed by atoms with Gasteiger partial charge in [0, 0.05) is 24.0 Å². The normalized spacial score (nSPS) is 12.1. The average Bonchev–Trinajstić information content (AvgIpc) is 3.01. The summed E-state index contributed by atoms with van der Waals surface area (Å²) in [5.74, 6) is -0.972. The van der Waals surface area contributed by atoms with Crippen molar-refractivity contribution < 1.29 is 18.0 Å². The van der Waals surface area contributed by atoms with Gasteiger partial charge in [0.05, 0.1) is 20.6 Å². The van der Waals surface area contributed by atoms with Crippen molar-refractivity contribution in [1.82, 2.24) is 10.2 Å². The van der Waals surface area contributed by atoms with Crippen molar-refractivity contribution in [3.05, 3.63) is 128 Å². The number of hydrogen-bond acceptors (Lipinski definition) is 4. The molecule has 4 rings (SSSR count). The second-order valence-corrected chi connectivity index (χ2v) is 14.4. The van der Waals surface area contributed by atoms with Gasteiger partial charge in [0.2, 0.25) is 11.8 Å². The van der Waals surface area contributed by atoms with E-state index in [2.05, 4.69) is 5.32 Å². The fraction of sp³-hybridized carbons (Fsp3) is 0.257. The van der Waals surface area contributed by atoms with E-state index in [0.29, 0.717) is 21.2 Å². The van der Waals surface area contributed by atoms with E-state index < -0.39 is 28.5 Å². The number of halogens is 3. The number of rotatable bonds is 12. The molecule has 11 heteroatoms. The Morgan fingerprint density at radius 1 is 0.783 bits per heavy atom. The predicted molar refractivity (Wildman–Crippen MR) is 186 cm³/mol. The topological polar surface area (TPSA) is 86.8 Å². The van der Waals surface area contributed by atoms with Crippen LogP contribution < -0.4 is 9.62 Å². The Labute approximate surface area is 286 Å². The highest BCUT2D eigenvalue weighted by molar-refractivity contribution is 7.92. The molecule has 2 amide bonds. The molecule has 0 aromatic heterocycles. The largest absolute Gasteiger partial charge is 0.352 e. The number of nitrogens with zero attached hydrogens (tertiary/aromatic N) is 2. The summed E-state index contributed by atoms with van der Waals surface area (Å²) >= 11 is 19.0. The summed E-state index contributed by atoms with van der Waals surface area (Å²) in [4.78, 5) is 29.8. The summed E-state index contributed by atoms with van der Waals surface area (Å²) < 4.78 is 29.6. The Balaban J connectivity index is 1.85. The maximum Gasteiger partial charge on any atom is 0.264 e. The number of sulfonamides is 1. The minimum absolute atomic E-state index is 0.0136. The summed E-state index contributed by atoms with van der Waals surface area (Å²) in [6.45, 7) is 6.59. The first-order valence-corrected chi connectivity index (χ1v) is 17.3. The number of amides is 2. The lowest BCUT2D eigenvalue weighted by Gasteiger charge is -2.34. The number of nitrogens with one attached hydrogen (secondary N) is 1. The van der Waals surface area contributed by atoms with E-state index in [1.807, 2.05) is 51.1 Å². The molecule has 1 N–H and O–H groups in total. The third-order valence-electron chi connectivity index (χ3n) is 7.43.